The molecule has 4 nitrogen and oxygen atoms in total. The molecule has 0 aliphatic rings. The zero-order valence-corrected chi connectivity index (χ0v) is 23.7. The van der Waals surface area contributed by atoms with Gasteiger partial charge in [-0.25, -0.2) is 9.59 Å². The van der Waals surface area contributed by atoms with Crippen molar-refractivity contribution < 1.29 is 19.1 Å². The number of benzene rings is 3. The van der Waals surface area contributed by atoms with E-state index in [9.17, 15) is 9.59 Å². The predicted molar refractivity (Wildman–Crippen MR) is 151 cm³/mol. The molecule has 0 heterocycles. The Morgan fingerprint density at radius 3 is 1.30 bits per heavy atom. The second kappa shape index (κ2) is 12.1. The summed E-state index contributed by atoms with van der Waals surface area (Å²) in [6.07, 6.45) is 3.50. The molecular weight excluding hydrogens is 480 g/mol. The van der Waals surface area contributed by atoms with Gasteiger partial charge in [-0.2, -0.15) is 0 Å². The van der Waals surface area contributed by atoms with E-state index < -0.39 is 10.9 Å². The fourth-order valence-corrected chi connectivity index (χ4v) is 6.35. The van der Waals surface area contributed by atoms with Gasteiger partial charge in [0.05, 0.1) is 10.9 Å². The second-order valence-electron chi connectivity index (χ2n) is 9.11. The Labute approximate surface area is 223 Å². The highest BCUT2D eigenvalue weighted by Gasteiger charge is 2.31. The topological polar surface area (TPSA) is 52.6 Å². The van der Waals surface area contributed by atoms with Crippen molar-refractivity contribution in [1.82, 2.24) is 0 Å². The smallest absolute Gasteiger partial charge is 0.338 e. The fourth-order valence-electron chi connectivity index (χ4n) is 3.93. The van der Waals surface area contributed by atoms with Crippen molar-refractivity contribution in [3.05, 3.63) is 100 Å². The molecule has 0 unspecified atom stereocenters. The van der Waals surface area contributed by atoms with Crippen LogP contribution in [-0.4, -0.2) is 11.9 Å². The number of ether oxygens (including phenoxy) is 2. The third-order valence-corrected chi connectivity index (χ3v) is 8.38. The van der Waals surface area contributed by atoms with Crippen LogP contribution in [0.15, 0.2) is 92.6 Å². The van der Waals surface area contributed by atoms with Crippen molar-refractivity contribution in [2.45, 2.75) is 70.1 Å². The van der Waals surface area contributed by atoms with Gasteiger partial charge in [-0.05, 0) is 89.8 Å². The maximum atomic E-state index is 12.4. The first kappa shape index (κ1) is 28.0. The molecule has 0 saturated carbocycles. The molecule has 192 valence electrons. The molecule has 37 heavy (non-hydrogen) atoms. The molecule has 0 fully saturated rings. The van der Waals surface area contributed by atoms with Crippen LogP contribution >= 0.6 is 0 Å². The zero-order chi connectivity index (χ0) is 27.3. The molecular formula is C32H35O4S+. The fraction of sp³-hybridized carbons (Fsp3) is 0.250. The van der Waals surface area contributed by atoms with E-state index in [-0.39, 0.29) is 11.9 Å². The SMILES string of the molecule is C/C=C(\C)C(=O)Oc1c(C)cc([S+](c2ccccc2)c2cc(C)c(OC(=O)/C(C)=C/C)c(C)c2)cc1C. The highest BCUT2D eigenvalue weighted by atomic mass is 32.2. The Bertz CT molecular complexity index is 1250. The van der Waals surface area contributed by atoms with Gasteiger partial charge in [0.15, 0.2) is 14.7 Å². The van der Waals surface area contributed by atoms with Crippen LogP contribution < -0.4 is 9.47 Å². The summed E-state index contributed by atoms with van der Waals surface area (Å²) in [5.74, 6) is 0.516. The lowest BCUT2D eigenvalue weighted by atomic mass is 10.1. The molecule has 0 radical (unpaired) electrons. The van der Waals surface area contributed by atoms with Crippen LogP contribution in [0.25, 0.3) is 0 Å². The molecule has 0 bridgehead atoms. The van der Waals surface area contributed by atoms with E-state index in [0.717, 1.165) is 32.0 Å². The van der Waals surface area contributed by atoms with Crippen molar-refractivity contribution in [2.24, 2.45) is 0 Å². The maximum absolute atomic E-state index is 12.4. The molecule has 0 aliphatic heterocycles. The van der Waals surface area contributed by atoms with Gasteiger partial charge in [-0.3, -0.25) is 0 Å². The van der Waals surface area contributed by atoms with Gasteiger partial charge in [0.25, 0.3) is 0 Å². The number of carbonyl (C=O) groups is 2. The summed E-state index contributed by atoms with van der Waals surface area (Å²) in [6.45, 7) is 15.0. The van der Waals surface area contributed by atoms with Gasteiger partial charge in [0.1, 0.15) is 11.5 Å². The van der Waals surface area contributed by atoms with E-state index in [1.165, 1.54) is 4.90 Å². The second-order valence-corrected chi connectivity index (χ2v) is 11.1. The Balaban J connectivity index is 2.11. The van der Waals surface area contributed by atoms with Crippen LogP contribution in [0.3, 0.4) is 0 Å². The Morgan fingerprint density at radius 2 is 0.973 bits per heavy atom. The molecule has 0 aliphatic carbocycles. The summed E-state index contributed by atoms with van der Waals surface area (Å²) in [6, 6.07) is 18.8. The first-order valence-electron chi connectivity index (χ1n) is 12.3. The Morgan fingerprint density at radius 1 is 0.622 bits per heavy atom. The largest absolute Gasteiger partial charge is 0.423 e. The van der Waals surface area contributed by atoms with E-state index in [1.807, 2.05) is 59.7 Å². The number of allylic oxidation sites excluding steroid dienone is 2. The minimum atomic E-state index is -0.422. The molecule has 3 rings (SSSR count). The zero-order valence-electron chi connectivity index (χ0n) is 22.9. The van der Waals surface area contributed by atoms with Crippen molar-refractivity contribution >= 4 is 22.8 Å². The first-order valence-corrected chi connectivity index (χ1v) is 13.5. The highest BCUT2D eigenvalue weighted by molar-refractivity contribution is 7.97. The van der Waals surface area contributed by atoms with E-state index in [4.69, 9.17) is 9.47 Å². The van der Waals surface area contributed by atoms with Crippen LogP contribution in [0, 0.1) is 27.7 Å². The van der Waals surface area contributed by atoms with Gasteiger partial charge in [-0.15, -0.1) is 0 Å². The van der Waals surface area contributed by atoms with Gasteiger partial charge in [0.2, 0.25) is 0 Å². The number of esters is 2. The normalized spacial score (nSPS) is 12.8. The summed E-state index contributed by atoms with van der Waals surface area (Å²) in [5, 5.41) is 0. The lowest BCUT2D eigenvalue weighted by Crippen LogP contribution is -2.13. The van der Waals surface area contributed by atoms with Crippen molar-refractivity contribution in [2.75, 3.05) is 0 Å². The van der Waals surface area contributed by atoms with Crippen LogP contribution in [0.4, 0.5) is 0 Å². The maximum Gasteiger partial charge on any atom is 0.338 e. The van der Waals surface area contributed by atoms with Crippen LogP contribution in [0.2, 0.25) is 0 Å². The lowest BCUT2D eigenvalue weighted by molar-refractivity contribution is -0.131. The van der Waals surface area contributed by atoms with Gasteiger partial charge in [0, 0.05) is 35.4 Å². The quantitative estimate of drug-likeness (QED) is 0.140. The molecule has 3 aromatic rings. The average molecular weight is 516 g/mol. The van der Waals surface area contributed by atoms with E-state index in [1.54, 1.807) is 26.0 Å². The molecule has 0 spiro atoms. The molecule has 3 aromatic carbocycles. The average Bonchev–Trinajstić information content (AvgIpc) is 2.87. The molecule has 0 atom stereocenters. The molecule has 0 N–H and O–H groups in total. The van der Waals surface area contributed by atoms with Crippen LogP contribution in [0.1, 0.15) is 49.9 Å². The summed E-state index contributed by atoms with van der Waals surface area (Å²) in [4.78, 5) is 28.3. The minimum Gasteiger partial charge on any atom is -0.423 e. The third kappa shape index (κ3) is 6.41. The van der Waals surface area contributed by atoms with Crippen molar-refractivity contribution in [3.8, 4) is 11.5 Å². The van der Waals surface area contributed by atoms with E-state index >= 15 is 0 Å². The van der Waals surface area contributed by atoms with E-state index in [2.05, 4.69) is 36.4 Å². The van der Waals surface area contributed by atoms with Crippen molar-refractivity contribution in [1.29, 1.82) is 0 Å². The van der Waals surface area contributed by atoms with Gasteiger partial charge >= 0.3 is 11.9 Å². The molecule has 0 saturated heterocycles. The predicted octanol–water partition coefficient (Wildman–Crippen LogP) is 7.76. The Kier molecular flexibility index (Phi) is 9.17. The highest BCUT2D eigenvalue weighted by Crippen LogP contribution is 2.38. The summed E-state index contributed by atoms with van der Waals surface area (Å²) >= 11 is 0. The monoisotopic (exact) mass is 515 g/mol. The van der Waals surface area contributed by atoms with Crippen LogP contribution in [0.5, 0.6) is 11.5 Å². The minimum absolute atomic E-state index is 0.340. The summed E-state index contributed by atoms with van der Waals surface area (Å²) in [7, 11) is -0.422. The number of carbonyl (C=O) groups excluding carboxylic acids is 2. The van der Waals surface area contributed by atoms with Crippen LogP contribution in [-0.2, 0) is 20.5 Å². The standard InChI is InChI=1S/C32H35O4S/c1-9-20(3)31(33)35-29-22(5)16-27(17-23(29)6)37(26-14-12-11-13-15-26)28-18-24(7)30(25(8)19-28)36-32(34)21(4)10-2/h9-19H,1-8H3/q+1/b20-9+,21-10+. The van der Waals surface area contributed by atoms with E-state index in [0.29, 0.717) is 22.6 Å². The molecule has 0 aromatic heterocycles. The van der Waals surface area contributed by atoms with Crippen molar-refractivity contribution in [3.63, 3.8) is 0 Å². The third-order valence-electron chi connectivity index (χ3n) is 6.22. The number of hydrogen-bond donors (Lipinski definition) is 0. The molecule has 5 heteroatoms. The lowest BCUT2D eigenvalue weighted by Gasteiger charge is -2.16. The number of hydrogen-bond acceptors (Lipinski definition) is 4. The van der Waals surface area contributed by atoms with Gasteiger partial charge in [-0.1, -0.05) is 30.4 Å². The Hall–Kier alpha value is -3.57. The molecule has 0 amide bonds. The number of rotatable bonds is 7. The number of aryl methyl sites for hydroxylation is 4. The summed E-state index contributed by atoms with van der Waals surface area (Å²) in [5.41, 5.74) is 4.76. The first-order chi connectivity index (χ1) is 17.6. The summed E-state index contributed by atoms with van der Waals surface area (Å²) < 4.78 is 11.5. The van der Waals surface area contributed by atoms with Gasteiger partial charge < -0.3 is 9.47 Å².